The number of carbonyl (C=O) groups excluding carboxylic acids is 2. The van der Waals surface area contributed by atoms with Crippen molar-refractivity contribution in [2.75, 3.05) is 45.2 Å². The number of anilines is 1. The van der Waals surface area contributed by atoms with Crippen molar-refractivity contribution in [3.05, 3.63) is 23.8 Å². The van der Waals surface area contributed by atoms with Crippen LogP contribution in [0.2, 0.25) is 0 Å². The van der Waals surface area contributed by atoms with Crippen LogP contribution in [0.15, 0.2) is 23.1 Å². The van der Waals surface area contributed by atoms with Gasteiger partial charge in [0.05, 0.1) is 24.6 Å². The first-order chi connectivity index (χ1) is 13.7. The minimum Gasteiger partial charge on any atom is -0.465 e. The van der Waals surface area contributed by atoms with Crippen LogP contribution in [0.3, 0.4) is 0 Å². The zero-order valence-corrected chi connectivity index (χ0v) is 18.3. The Morgan fingerprint density at radius 1 is 1.14 bits per heavy atom. The van der Waals surface area contributed by atoms with Gasteiger partial charge < -0.3 is 10.1 Å². The molecule has 1 amide bonds. The van der Waals surface area contributed by atoms with Gasteiger partial charge in [-0.05, 0) is 51.4 Å². The Morgan fingerprint density at radius 3 is 2.41 bits per heavy atom. The summed E-state index contributed by atoms with van der Waals surface area (Å²) in [6.45, 7) is 4.80. The highest BCUT2D eigenvalue weighted by molar-refractivity contribution is 7.89. The van der Waals surface area contributed by atoms with E-state index >= 15 is 0 Å². The first-order valence-electron chi connectivity index (χ1n) is 9.99. The SMILES string of the molecule is CCOC(=O)CN(C)CC(=O)Nc1ccc(C)c(S(=O)(=O)N2CCCCCC2)c1. The van der Waals surface area contributed by atoms with E-state index in [1.807, 2.05) is 0 Å². The number of carbonyl (C=O) groups is 2. The van der Waals surface area contributed by atoms with Gasteiger partial charge in [0.2, 0.25) is 15.9 Å². The van der Waals surface area contributed by atoms with Gasteiger partial charge in [-0.25, -0.2) is 8.42 Å². The number of esters is 1. The number of rotatable bonds is 8. The van der Waals surface area contributed by atoms with Crippen molar-refractivity contribution in [2.45, 2.75) is 44.4 Å². The Hall–Kier alpha value is -1.97. The molecule has 0 aromatic heterocycles. The lowest BCUT2D eigenvalue weighted by Crippen LogP contribution is -2.35. The van der Waals surface area contributed by atoms with E-state index in [4.69, 9.17) is 4.74 Å². The van der Waals surface area contributed by atoms with Crippen molar-refractivity contribution in [1.29, 1.82) is 0 Å². The molecule has 1 heterocycles. The summed E-state index contributed by atoms with van der Waals surface area (Å²) in [5.41, 5.74) is 1.06. The number of nitrogens with one attached hydrogen (secondary N) is 1. The second-order valence-electron chi connectivity index (χ2n) is 7.32. The molecular weight excluding hydrogens is 394 g/mol. The summed E-state index contributed by atoms with van der Waals surface area (Å²) in [6.07, 6.45) is 3.81. The van der Waals surface area contributed by atoms with Crippen LogP contribution in [0.25, 0.3) is 0 Å². The molecule has 1 aliphatic rings. The van der Waals surface area contributed by atoms with E-state index in [9.17, 15) is 18.0 Å². The Morgan fingerprint density at radius 2 is 1.79 bits per heavy atom. The summed E-state index contributed by atoms with van der Waals surface area (Å²) in [5, 5.41) is 2.72. The summed E-state index contributed by atoms with van der Waals surface area (Å²) in [7, 11) is -1.97. The Bertz CT molecular complexity index is 817. The van der Waals surface area contributed by atoms with E-state index in [-0.39, 0.29) is 30.5 Å². The maximum absolute atomic E-state index is 13.1. The second-order valence-corrected chi connectivity index (χ2v) is 9.23. The molecule has 1 aromatic rings. The van der Waals surface area contributed by atoms with Crippen LogP contribution < -0.4 is 5.32 Å². The monoisotopic (exact) mass is 425 g/mol. The van der Waals surface area contributed by atoms with E-state index in [2.05, 4.69) is 5.32 Å². The molecule has 0 atom stereocenters. The van der Waals surface area contributed by atoms with Crippen LogP contribution in [-0.2, 0) is 24.3 Å². The molecule has 0 saturated carbocycles. The van der Waals surface area contributed by atoms with Gasteiger partial charge in [-0.2, -0.15) is 4.31 Å². The summed E-state index contributed by atoms with van der Waals surface area (Å²) in [6, 6.07) is 4.89. The standard InChI is InChI=1S/C20H31N3O5S/c1-4-28-20(25)15-22(3)14-19(24)21-17-10-9-16(2)18(13-17)29(26,27)23-11-7-5-6-8-12-23/h9-10,13H,4-8,11-12,14-15H2,1-3H3,(H,21,24). The van der Waals surface area contributed by atoms with Gasteiger partial charge in [-0.15, -0.1) is 0 Å². The predicted molar refractivity (Wildman–Crippen MR) is 111 cm³/mol. The highest BCUT2D eigenvalue weighted by atomic mass is 32.2. The first kappa shape index (κ1) is 23.3. The summed E-state index contributed by atoms with van der Waals surface area (Å²) in [5.74, 6) is -0.734. The molecule has 8 nitrogen and oxygen atoms in total. The molecule has 1 aliphatic heterocycles. The Labute approximate surface area is 173 Å². The van der Waals surface area contributed by atoms with Crippen molar-refractivity contribution >= 4 is 27.6 Å². The fourth-order valence-electron chi connectivity index (χ4n) is 3.31. The average molecular weight is 426 g/mol. The topological polar surface area (TPSA) is 96.0 Å². The number of hydrogen-bond donors (Lipinski definition) is 1. The third kappa shape index (κ3) is 6.80. The minimum absolute atomic E-state index is 0.00372. The van der Waals surface area contributed by atoms with Crippen molar-refractivity contribution in [2.24, 2.45) is 0 Å². The van der Waals surface area contributed by atoms with Gasteiger partial charge in [0.1, 0.15) is 0 Å². The number of benzene rings is 1. The van der Waals surface area contributed by atoms with Gasteiger partial charge in [-0.3, -0.25) is 14.5 Å². The smallest absolute Gasteiger partial charge is 0.320 e. The lowest BCUT2D eigenvalue weighted by Gasteiger charge is -2.22. The molecule has 162 valence electrons. The third-order valence-electron chi connectivity index (χ3n) is 4.77. The molecular formula is C20H31N3O5S. The van der Waals surface area contributed by atoms with Crippen molar-refractivity contribution in [3.8, 4) is 0 Å². The molecule has 1 aromatic carbocycles. The maximum Gasteiger partial charge on any atom is 0.320 e. The van der Waals surface area contributed by atoms with Crippen LogP contribution in [0.1, 0.15) is 38.2 Å². The van der Waals surface area contributed by atoms with Crippen molar-refractivity contribution in [3.63, 3.8) is 0 Å². The molecule has 0 bridgehead atoms. The van der Waals surface area contributed by atoms with E-state index in [1.54, 1.807) is 37.3 Å². The van der Waals surface area contributed by atoms with E-state index in [1.165, 1.54) is 11.0 Å². The van der Waals surface area contributed by atoms with Gasteiger partial charge in [0, 0.05) is 18.8 Å². The average Bonchev–Trinajstić information content (AvgIpc) is 2.93. The van der Waals surface area contributed by atoms with Crippen LogP contribution in [0.4, 0.5) is 5.69 Å². The molecule has 9 heteroatoms. The Kier molecular flexibility index (Phi) is 8.60. The Balaban J connectivity index is 2.08. The van der Waals surface area contributed by atoms with E-state index in [0.29, 0.717) is 24.3 Å². The molecule has 0 radical (unpaired) electrons. The van der Waals surface area contributed by atoms with Gasteiger partial charge >= 0.3 is 5.97 Å². The zero-order valence-electron chi connectivity index (χ0n) is 17.4. The van der Waals surface area contributed by atoms with Crippen LogP contribution >= 0.6 is 0 Å². The lowest BCUT2D eigenvalue weighted by atomic mass is 10.2. The molecule has 1 fully saturated rings. The summed E-state index contributed by atoms with van der Waals surface area (Å²) < 4.78 is 32.6. The highest BCUT2D eigenvalue weighted by Gasteiger charge is 2.27. The van der Waals surface area contributed by atoms with Gasteiger partial charge in [-0.1, -0.05) is 18.9 Å². The van der Waals surface area contributed by atoms with Gasteiger partial charge in [0.25, 0.3) is 0 Å². The third-order valence-corrected chi connectivity index (χ3v) is 6.81. The van der Waals surface area contributed by atoms with E-state index in [0.717, 1.165) is 25.7 Å². The van der Waals surface area contributed by atoms with Crippen LogP contribution in [-0.4, -0.2) is 69.3 Å². The normalized spacial score (nSPS) is 15.7. The second kappa shape index (κ2) is 10.7. The van der Waals surface area contributed by atoms with Crippen molar-refractivity contribution in [1.82, 2.24) is 9.21 Å². The molecule has 1 N–H and O–H groups in total. The van der Waals surface area contributed by atoms with E-state index < -0.39 is 16.0 Å². The van der Waals surface area contributed by atoms with Crippen LogP contribution in [0, 0.1) is 6.92 Å². The molecule has 0 aliphatic carbocycles. The van der Waals surface area contributed by atoms with Gasteiger partial charge in [0.15, 0.2) is 0 Å². The first-order valence-corrected chi connectivity index (χ1v) is 11.4. The summed E-state index contributed by atoms with van der Waals surface area (Å²) >= 11 is 0. The maximum atomic E-state index is 13.1. The molecule has 1 saturated heterocycles. The molecule has 0 unspecified atom stereocenters. The number of nitrogens with zero attached hydrogens (tertiary/aromatic N) is 2. The number of aryl methyl sites for hydroxylation is 1. The number of sulfonamides is 1. The van der Waals surface area contributed by atoms with Crippen molar-refractivity contribution < 1.29 is 22.7 Å². The highest BCUT2D eigenvalue weighted by Crippen LogP contribution is 2.25. The minimum atomic E-state index is -3.61. The lowest BCUT2D eigenvalue weighted by molar-refractivity contribution is -0.144. The fraction of sp³-hybridized carbons (Fsp3) is 0.600. The molecule has 2 rings (SSSR count). The zero-order chi connectivity index (χ0) is 21.4. The molecule has 0 spiro atoms. The van der Waals surface area contributed by atoms with Crippen LogP contribution in [0.5, 0.6) is 0 Å². The largest absolute Gasteiger partial charge is 0.465 e. The predicted octanol–water partition coefficient (Wildman–Crippen LogP) is 1.99. The summed E-state index contributed by atoms with van der Waals surface area (Å²) in [4.78, 5) is 25.5. The quantitative estimate of drug-likeness (QED) is 0.640. The number of hydrogen-bond acceptors (Lipinski definition) is 6. The number of amides is 1. The number of likely N-dealkylation sites (N-methyl/N-ethyl adjacent to an activating group) is 1. The number of ether oxygens (including phenoxy) is 1. The fourth-order valence-corrected chi connectivity index (χ4v) is 5.07. The molecule has 29 heavy (non-hydrogen) atoms.